The van der Waals surface area contributed by atoms with Crippen LogP contribution in [-0.4, -0.2) is 58.0 Å². The van der Waals surface area contributed by atoms with Gasteiger partial charge in [-0.2, -0.15) is 0 Å². The summed E-state index contributed by atoms with van der Waals surface area (Å²) in [5.41, 5.74) is -0.324. The Morgan fingerprint density at radius 2 is 1.89 bits per heavy atom. The summed E-state index contributed by atoms with van der Waals surface area (Å²) in [7, 11) is -6.00. The van der Waals surface area contributed by atoms with Gasteiger partial charge >= 0.3 is 64.2 Å². The number of rotatable bonds is 8. The summed E-state index contributed by atoms with van der Waals surface area (Å²) >= 11 is 0.280. The molecule has 1 saturated heterocycles. The van der Waals surface area contributed by atoms with Crippen molar-refractivity contribution in [2.45, 2.75) is 35.3 Å². The normalized spacial score (nSPS) is 23.4. The van der Waals surface area contributed by atoms with Crippen LogP contribution in [0.1, 0.15) is 11.8 Å². The van der Waals surface area contributed by atoms with Gasteiger partial charge in [-0.3, -0.25) is 24.0 Å². The van der Waals surface area contributed by atoms with Crippen molar-refractivity contribution in [1.29, 1.82) is 0 Å². The number of aromatic amines is 1. The average Bonchev–Trinajstić information content (AvgIpc) is 3.33. The maximum Gasteiger partial charge on any atom is 1.00 e. The molecule has 1 aliphatic rings. The molecule has 4 rings (SSSR count). The van der Waals surface area contributed by atoms with Crippen LogP contribution in [-0.2, 0) is 19.6 Å². The number of thioether (sulfide) groups is 1. The van der Waals surface area contributed by atoms with Crippen molar-refractivity contribution in [2.75, 3.05) is 0 Å². The predicted molar refractivity (Wildman–Crippen MR) is 110 cm³/mol. The fourth-order valence-corrected chi connectivity index (χ4v) is 5.52. The minimum Gasteiger partial charge on any atom is -0.790 e. The van der Waals surface area contributed by atoms with Crippen LogP contribution in [0.4, 0.5) is 0 Å². The summed E-state index contributed by atoms with van der Waals surface area (Å²) in [6, 6.07) is 8.15. The molecule has 0 radical (unpaired) electrons. The van der Waals surface area contributed by atoms with E-state index in [9.17, 15) is 39.5 Å². The predicted octanol–water partition coefficient (Wildman–Crippen LogP) is -7.54. The second-order valence-electron chi connectivity index (χ2n) is 7.18. The number of benzene rings is 1. The summed E-state index contributed by atoms with van der Waals surface area (Å²) < 4.78 is 22.5. The van der Waals surface area contributed by atoms with Crippen molar-refractivity contribution in [1.82, 2.24) is 19.5 Å². The Bertz CT molecular complexity index is 1310. The zero-order valence-corrected chi connectivity index (χ0v) is 24.6. The molecular formula is C17H16N5Na2O10PS. The van der Waals surface area contributed by atoms with Crippen LogP contribution in [0.25, 0.3) is 11.2 Å². The van der Waals surface area contributed by atoms with Gasteiger partial charge in [-0.15, -0.1) is 0 Å². The monoisotopic (exact) mass is 559 g/mol. The van der Waals surface area contributed by atoms with Crippen molar-refractivity contribution in [2.24, 2.45) is 0 Å². The van der Waals surface area contributed by atoms with Crippen LogP contribution in [0.15, 0.2) is 47.8 Å². The van der Waals surface area contributed by atoms with E-state index in [-0.39, 0.29) is 87.8 Å². The molecule has 1 fully saturated rings. The number of phosphoric acid groups is 1. The largest absolute Gasteiger partial charge is 1.00 e. The Morgan fingerprint density at radius 1 is 1.22 bits per heavy atom. The van der Waals surface area contributed by atoms with Crippen molar-refractivity contribution in [3.63, 3.8) is 0 Å². The van der Waals surface area contributed by atoms with Gasteiger partial charge in [0.25, 0.3) is 5.56 Å². The van der Waals surface area contributed by atoms with E-state index in [2.05, 4.69) is 19.5 Å². The number of imidazole rings is 1. The Balaban J connectivity index is 0.00000228. The first kappa shape index (κ1) is 31.5. The van der Waals surface area contributed by atoms with Crippen LogP contribution < -0.4 is 74.5 Å². The van der Waals surface area contributed by atoms with Crippen LogP contribution >= 0.6 is 19.6 Å². The number of nitro groups is 1. The number of H-pyrrole nitrogens is 1. The smallest absolute Gasteiger partial charge is 0.790 e. The van der Waals surface area contributed by atoms with E-state index in [0.717, 1.165) is 17.2 Å². The molecule has 5 atom stereocenters. The van der Waals surface area contributed by atoms with Crippen molar-refractivity contribution < 1.29 is 97.9 Å². The Hall–Kier alpha value is -0.690. The standard InChI is InChI=1S/C17H18N5O10PS.2Na/c23-11-12(24)16(21-8-20-10-14(21)18-7-19-15(10)25)31-13(11)17(22(26)27,32-33(28,29)30)34-6-9-4-2-1-3-5-9;;/h1-5,7-8,11-13,16,23-24H,6H2,(H,18,19,25)(H2,28,29,30);;/q;2*+1/p-2/t11-,12+,13-,16+,17?;;/m0../s1. The first-order valence-electron chi connectivity index (χ1n) is 9.50. The molecule has 0 amide bonds. The molecule has 36 heavy (non-hydrogen) atoms. The van der Waals surface area contributed by atoms with Crippen molar-refractivity contribution in [3.05, 3.63) is 69.0 Å². The summed E-state index contributed by atoms with van der Waals surface area (Å²) in [4.78, 5) is 55.9. The molecule has 2 aromatic heterocycles. The van der Waals surface area contributed by atoms with Gasteiger partial charge in [0.1, 0.15) is 12.2 Å². The zero-order valence-electron chi connectivity index (χ0n) is 18.9. The van der Waals surface area contributed by atoms with Crippen molar-refractivity contribution in [3.8, 4) is 0 Å². The molecule has 1 aromatic carbocycles. The molecule has 3 N–H and O–H groups in total. The first-order valence-corrected chi connectivity index (χ1v) is 11.9. The molecule has 0 saturated carbocycles. The third kappa shape index (κ3) is 6.30. The number of aliphatic hydroxyl groups is 2. The number of nitrogens with one attached hydrogen (secondary N) is 1. The maximum absolute atomic E-state index is 12.1. The number of phosphoric ester groups is 1. The Labute approximate surface area is 250 Å². The molecule has 15 nitrogen and oxygen atoms in total. The minimum absolute atomic E-state index is 0. The van der Waals surface area contributed by atoms with Gasteiger partial charge in [0, 0.05) is 5.75 Å². The number of hydrogen-bond donors (Lipinski definition) is 3. The summed E-state index contributed by atoms with van der Waals surface area (Å²) in [5, 5.41) is 30.2. The number of nitrogens with zero attached hydrogens (tertiary/aromatic N) is 4. The molecule has 0 spiro atoms. The Morgan fingerprint density at radius 3 is 2.50 bits per heavy atom. The van der Waals surface area contributed by atoms with Crippen LogP contribution in [0.2, 0.25) is 0 Å². The Kier molecular flexibility index (Phi) is 10.9. The zero-order chi connectivity index (χ0) is 24.7. The third-order valence-corrected chi connectivity index (χ3v) is 7.00. The van der Waals surface area contributed by atoms with Gasteiger partial charge in [-0.1, -0.05) is 30.3 Å². The molecule has 3 aromatic rings. The average molecular weight is 559 g/mol. The van der Waals surface area contributed by atoms with E-state index in [1.165, 1.54) is 0 Å². The molecular weight excluding hydrogens is 543 g/mol. The van der Waals surface area contributed by atoms with E-state index in [1.807, 2.05) is 0 Å². The fraction of sp³-hybridized carbons (Fsp3) is 0.353. The van der Waals surface area contributed by atoms with E-state index in [1.54, 1.807) is 30.3 Å². The number of aromatic nitrogens is 4. The molecule has 182 valence electrons. The van der Waals surface area contributed by atoms with Gasteiger partial charge in [0.2, 0.25) is 0 Å². The van der Waals surface area contributed by atoms with Gasteiger partial charge in [-0.05, 0) is 17.3 Å². The van der Waals surface area contributed by atoms with E-state index in [4.69, 9.17) is 4.74 Å². The van der Waals surface area contributed by atoms with Crippen LogP contribution in [0.3, 0.4) is 0 Å². The van der Waals surface area contributed by atoms with Crippen molar-refractivity contribution >= 4 is 30.7 Å². The number of aliphatic hydroxyl groups excluding tert-OH is 2. The van der Waals surface area contributed by atoms with Gasteiger partial charge in [0.15, 0.2) is 23.5 Å². The molecule has 1 unspecified atom stereocenters. The number of ether oxygens (including phenoxy) is 1. The van der Waals surface area contributed by atoms with E-state index < -0.39 is 47.9 Å². The fourth-order valence-electron chi connectivity index (χ4n) is 3.51. The maximum atomic E-state index is 12.1. The molecule has 3 heterocycles. The van der Waals surface area contributed by atoms with Gasteiger partial charge in [-0.25, -0.2) is 9.97 Å². The molecule has 1 aliphatic heterocycles. The number of fused-ring (bicyclic) bond motifs is 1. The second kappa shape index (κ2) is 12.4. The summed E-state index contributed by atoms with van der Waals surface area (Å²) in [5.74, 6) is -0.208. The minimum atomic E-state index is -6.00. The first-order chi connectivity index (χ1) is 16.0. The summed E-state index contributed by atoms with van der Waals surface area (Å²) in [6.45, 7) is 0. The van der Waals surface area contributed by atoms with Crippen LogP contribution in [0.5, 0.6) is 0 Å². The third-order valence-electron chi connectivity index (χ3n) is 5.02. The molecule has 0 aliphatic carbocycles. The van der Waals surface area contributed by atoms with Gasteiger partial charge < -0.3 is 34.3 Å². The number of hydrogen-bond acceptors (Lipinski definition) is 13. The SMILES string of the molecule is O=c1[nH]cnc2c1ncn2[C@@H]1O[C@H](C(OP(=O)([O-])[O-])(SCc2ccccc2)[N+](=O)[O-])[C@@H](O)[C@H]1O.[Na+].[Na+]. The van der Waals surface area contributed by atoms with Crippen LogP contribution in [0, 0.1) is 10.1 Å². The topological polar surface area (TPSA) is 229 Å². The molecule has 0 bridgehead atoms. The van der Waals surface area contributed by atoms with E-state index in [0.29, 0.717) is 5.56 Å². The van der Waals surface area contributed by atoms with E-state index >= 15 is 0 Å². The summed E-state index contributed by atoms with van der Waals surface area (Å²) in [6.07, 6.45) is -5.58. The quantitative estimate of drug-likeness (QED) is 0.0767. The van der Waals surface area contributed by atoms with Gasteiger partial charge in [0.05, 0.1) is 25.4 Å². The molecule has 19 heteroatoms. The second-order valence-corrected chi connectivity index (χ2v) is 9.42.